The van der Waals surface area contributed by atoms with Crippen LogP contribution < -0.4 is 0 Å². The fourth-order valence-electron chi connectivity index (χ4n) is 1.67. The molecule has 0 unspecified atom stereocenters. The molecule has 2 aromatic rings. The van der Waals surface area contributed by atoms with Crippen molar-refractivity contribution >= 4 is 40.1 Å². The molecule has 3 nitrogen and oxygen atoms in total. The summed E-state index contributed by atoms with van der Waals surface area (Å²) in [6.45, 7) is 1.78. The van der Waals surface area contributed by atoms with Gasteiger partial charge in [-0.2, -0.15) is 0 Å². The van der Waals surface area contributed by atoms with Crippen molar-refractivity contribution in [2.24, 2.45) is 0 Å². The zero-order valence-electron chi connectivity index (χ0n) is 9.25. The number of carbonyl (C=O) groups is 1. The van der Waals surface area contributed by atoms with Crippen molar-refractivity contribution in [2.45, 2.75) is 6.92 Å². The number of benzene rings is 1. The summed E-state index contributed by atoms with van der Waals surface area (Å²) < 4.78 is 4.73. The minimum absolute atomic E-state index is 0.377. The second kappa shape index (κ2) is 4.51. The molecule has 17 heavy (non-hydrogen) atoms. The van der Waals surface area contributed by atoms with Crippen LogP contribution in [0.15, 0.2) is 18.2 Å². The molecular formula is C12H9Cl2NO2. The predicted molar refractivity (Wildman–Crippen MR) is 67.8 cm³/mol. The van der Waals surface area contributed by atoms with E-state index in [1.807, 2.05) is 0 Å². The quantitative estimate of drug-likeness (QED) is 0.742. The fraction of sp³-hybridized carbons (Fsp3) is 0.167. The molecule has 88 valence electrons. The lowest BCUT2D eigenvalue weighted by molar-refractivity contribution is 0.0603. The normalized spacial score (nSPS) is 10.6. The zero-order valence-corrected chi connectivity index (χ0v) is 10.8. The molecule has 1 heterocycles. The summed E-state index contributed by atoms with van der Waals surface area (Å²) in [5, 5.41) is 1.41. The molecule has 0 saturated carbocycles. The van der Waals surface area contributed by atoms with Gasteiger partial charge in [0, 0.05) is 11.1 Å². The first-order chi connectivity index (χ1) is 8.04. The van der Waals surface area contributed by atoms with E-state index in [1.165, 1.54) is 7.11 Å². The van der Waals surface area contributed by atoms with Crippen molar-refractivity contribution < 1.29 is 9.53 Å². The van der Waals surface area contributed by atoms with E-state index in [0.717, 1.165) is 0 Å². The Balaban J connectivity index is 2.92. The van der Waals surface area contributed by atoms with Crippen molar-refractivity contribution in [3.63, 3.8) is 0 Å². The zero-order chi connectivity index (χ0) is 12.6. The van der Waals surface area contributed by atoms with E-state index in [4.69, 9.17) is 27.9 Å². The molecule has 0 aliphatic rings. The van der Waals surface area contributed by atoms with Crippen LogP contribution in [0, 0.1) is 6.92 Å². The van der Waals surface area contributed by atoms with Crippen molar-refractivity contribution in [2.75, 3.05) is 7.11 Å². The Kier molecular flexibility index (Phi) is 3.22. The van der Waals surface area contributed by atoms with E-state index in [9.17, 15) is 4.79 Å². The Hall–Kier alpha value is -1.32. The fourth-order valence-corrected chi connectivity index (χ4v) is 2.12. The van der Waals surface area contributed by atoms with Crippen LogP contribution in [0.1, 0.15) is 16.1 Å². The number of rotatable bonds is 1. The number of ether oxygens (including phenoxy) is 1. The van der Waals surface area contributed by atoms with Gasteiger partial charge < -0.3 is 4.74 Å². The van der Waals surface area contributed by atoms with Gasteiger partial charge in [0.15, 0.2) is 0 Å². The molecular weight excluding hydrogens is 261 g/mol. The summed E-state index contributed by atoms with van der Waals surface area (Å²) in [5.74, 6) is -0.454. The average molecular weight is 270 g/mol. The molecule has 0 amide bonds. The molecule has 5 heteroatoms. The third kappa shape index (κ3) is 2.08. The second-order valence-corrected chi connectivity index (χ2v) is 4.37. The number of halogens is 2. The molecule has 0 spiro atoms. The van der Waals surface area contributed by atoms with Crippen molar-refractivity contribution in [1.82, 2.24) is 4.98 Å². The molecule has 0 aliphatic carbocycles. The number of aromatic nitrogens is 1. The van der Waals surface area contributed by atoms with E-state index < -0.39 is 5.97 Å². The molecule has 0 atom stereocenters. The van der Waals surface area contributed by atoms with Gasteiger partial charge in [0.25, 0.3) is 0 Å². The predicted octanol–water partition coefficient (Wildman–Crippen LogP) is 3.64. The number of aryl methyl sites for hydroxylation is 1. The third-order valence-corrected chi connectivity index (χ3v) is 3.01. The molecule has 0 fully saturated rings. The lowest BCUT2D eigenvalue weighted by Gasteiger charge is -2.08. The third-order valence-electron chi connectivity index (χ3n) is 2.39. The van der Waals surface area contributed by atoms with Crippen LogP contribution in [-0.2, 0) is 4.74 Å². The molecule has 0 aliphatic heterocycles. The Labute approximate surface area is 108 Å². The summed E-state index contributed by atoms with van der Waals surface area (Å²) >= 11 is 12.1. The molecule has 2 rings (SSSR count). The van der Waals surface area contributed by atoms with Gasteiger partial charge in [0.05, 0.1) is 28.2 Å². The average Bonchev–Trinajstić information content (AvgIpc) is 2.32. The largest absolute Gasteiger partial charge is 0.465 e. The smallest absolute Gasteiger partial charge is 0.338 e. The van der Waals surface area contributed by atoms with Gasteiger partial charge >= 0.3 is 5.97 Å². The highest BCUT2D eigenvalue weighted by molar-refractivity contribution is 6.40. The number of fused-ring (bicyclic) bond motifs is 1. The van der Waals surface area contributed by atoms with E-state index >= 15 is 0 Å². The summed E-state index contributed by atoms with van der Waals surface area (Å²) in [6, 6.07) is 4.92. The van der Waals surface area contributed by atoms with Crippen molar-refractivity contribution in [3.05, 3.63) is 39.5 Å². The van der Waals surface area contributed by atoms with Gasteiger partial charge in [-0.15, -0.1) is 0 Å². The van der Waals surface area contributed by atoms with Gasteiger partial charge in [-0.25, -0.2) is 4.79 Å². The number of methoxy groups -OCH3 is 1. The highest BCUT2D eigenvalue weighted by atomic mass is 35.5. The monoisotopic (exact) mass is 269 g/mol. The molecule has 0 bridgehead atoms. The van der Waals surface area contributed by atoms with Crippen LogP contribution in [0.3, 0.4) is 0 Å². The lowest BCUT2D eigenvalue weighted by atomic mass is 10.1. The molecule has 0 saturated heterocycles. The van der Waals surface area contributed by atoms with Gasteiger partial charge in [-0.3, -0.25) is 4.98 Å². The number of nitrogens with zero attached hydrogens (tertiary/aromatic N) is 1. The number of hydrogen-bond donors (Lipinski definition) is 0. The van der Waals surface area contributed by atoms with Crippen molar-refractivity contribution in [1.29, 1.82) is 0 Å². The first kappa shape index (κ1) is 12.1. The SMILES string of the molecule is COC(=O)c1cc(C)nc2c(Cl)ccc(Cl)c12. The Morgan fingerprint density at radius 3 is 2.59 bits per heavy atom. The van der Waals surface area contributed by atoms with Crippen LogP contribution in [0.5, 0.6) is 0 Å². The van der Waals surface area contributed by atoms with E-state index in [1.54, 1.807) is 25.1 Å². The maximum Gasteiger partial charge on any atom is 0.338 e. The Morgan fingerprint density at radius 1 is 1.29 bits per heavy atom. The summed E-state index contributed by atoms with van der Waals surface area (Å²) in [4.78, 5) is 16.0. The minimum Gasteiger partial charge on any atom is -0.465 e. The number of esters is 1. The first-order valence-corrected chi connectivity index (χ1v) is 5.64. The van der Waals surface area contributed by atoms with E-state index in [-0.39, 0.29) is 0 Å². The van der Waals surface area contributed by atoms with Gasteiger partial charge in [0.1, 0.15) is 0 Å². The second-order valence-electron chi connectivity index (χ2n) is 3.56. The van der Waals surface area contributed by atoms with E-state index in [0.29, 0.717) is 32.2 Å². The van der Waals surface area contributed by atoms with Crippen LogP contribution in [0.25, 0.3) is 10.9 Å². The number of pyridine rings is 1. The summed E-state index contributed by atoms with van der Waals surface area (Å²) in [6.07, 6.45) is 0. The Morgan fingerprint density at radius 2 is 1.94 bits per heavy atom. The van der Waals surface area contributed by atoms with Crippen LogP contribution in [0.4, 0.5) is 0 Å². The van der Waals surface area contributed by atoms with Crippen LogP contribution >= 0.6 is 23.2 Å². The highest BCUT2D eigenvalue weighted by Gasteiger charge is 2.16. The Bertz CT molecular complexity index is 611. The topological polar surface area (TPSA) is 39.2 Å². The molecule has 1 aromatic carbocycles. The summed E-state index contributed by atoms with van der Waals surface area (Å²) in [7, 11) is 1.32. The van der Waals surface area contributed by atoms with Crippen LogP contribution in [0.2, 0.25) is 10.0 Å². The maximum atomic E-state index is 11.7. The van der Waals surface area contributed by atoms with Gasteiger partial charge in [-0.05, 0) is 25.1 Å². The highest BCUT2D eigenvalue weighted by Crippen LogP contribution is 2.31. The van der Waals surface area contributed by atoms with Crippen LogP contribution in [-0.4, -0.2) is 18.1 Å². The van der Waals surface area contributed by atoms with Crippen molar-refractivity contribution in [3.8, 4) is 0 Å². The molecule has 0 radical (unpaired) electrons. The number of hydrogen-bond acceptors (Lipinski definition) is 3. The minimum atomic E-state index is -0.454. The van der Waals surface area contributed by atoms with E-state index in [2.05, 4.69) is 4.98 Å². The molecule has 0 N–H and O–H groups in total. The number of carbonyl (C=O) groups excluding carboxylic acids is 1. The lowest BCUT2D eigenvalue weighted by Crippen LogP contribution is -2.04. The maximum absolute atomic E-state index is 11.7. The van der Waals surface area contributed by atoms with Gasteiger partial charge in [-0.1, -0.05) is 23.2 Å². The van der Waals surface area contributed by atoms with Gasteiger partial charge in [0.2, 0.25) is 0 Å². The first-order valence-electron chi connectivity index (χ1n) is 4.88. The molecule has 1 aromatic heterocycles. The standard InChI is InChI=1S/C12H9Cl2NO2/c1-6-5-7(12(16)17-2)10-8(13)3-4-9(14)11(10)15-6/h3-5H,1-2H3. The summed E-state index contributed by atoms with van der Waals surface area (Å²) in [5.41, 5.74) is 1.57.